The quantitative estimate of drug-likeness (QED) is 0.426. The van der Waals surface area contributed by atoms with Gasteiger partial charge in [-0.3, -0.25) is 9.59 Å². The Hall–Kier alpha value is -3.25. The number of amides is 2. The Morgan fingerprint density at radius 1 is 0.867 bits per heavy atom. The summed E-state index contributed by atoms with van der Waals surface area (Å²) in [6, 6.07) is 18.6. The van der Waals surface area contributed by atoms with Crippen molar-refractivity contribution in [3.8, 4) is 0 Å². The maximum absolute atomic E-state index is 12.5. The van der Waals surface area contributed by atoms with Gasteiger partial charge in [-0.2, -0.15) is 5.10 Å². The molecular weight excluding hydrogens is 394 g/mol. The van der Waals surface area contributed by atoms with Crippen LogP contribution in [0.4, 0.5) is 5.69 Å². The third-order valence-corrected chi connectivity index (χ3v) is 5.51. The zero-order valence-corrected chi connectivity index (χ0v) is 18.3. The maximum Gasteiger partial charge on any atom is 0.281 e. The first-order valence-electron chi connectivity index (χ1n) is 9.64. The van der Waals surface area contributed by atoms with Gasteiger partial charge in [0.15, 0.2) is 0 Å². The van der Waals surface area contributed by atoms with E-state index >= 15 is 0 Å². The minimum atomic E-state index is -0.231. The Labute approximate surface area is 180 Å². The Kier molecular flexibility index (Phi) is 6.47. The second kappa shape index (κ2) is 9.05. The highest BCUT2D eigenvalue weighted by molar-refractivity contribution is 7.12. The Balaban J connectivity index is 1.61. The van der Waals surface area contributed by atoms with Crippen molar-refractivity contribution >= 4 is 34.6 Å². The average Bonchev–Trinajstić information content (AvgIpc) is 3.27. The van der Waals surface area contributed by atoms with E-state index in [2.05, 4.69) is 36.6 Å². The van der Waals surface area contributed by atoms with Gasteiger partial charge in [-0.05, 0) is 59.2 Å². The van der Waals surface area contributed by atoms with E-state index in [9.17, 15) is 9.59 Å². The normalized spacial score (nSPS) is 11.8. The number of carbonyl (C=O) groups excluding carboxylic acids is 2. The number of nitrogens with one attached hydrogen (secondary N) is 2. The van der Waals surface area contributed by atoms with Crippen molar-refractivity contribution in [3.05, 3.63) is 87.6 Å². The molecule has 2 N–H and O–H groups in total. The summed E-state index contributed by atoms with van der Waals surface area (Å²) in [5.41, 5.74) is 6.63. The number of hydrogen-bond donors (Lipinski definition) is 2. The van der Waals surface area contributed by atoms with E-state index in [0.29, 0.717) is 21.8 Å². The van der Waals surface area contributed by atoms with Crippen molar-refractivity contribution in [2.24, 2.45) is 5.10 Å². The molecular formula is C24H25N3O2S. The molecule has 1 aromatic heterocycles. The number of hydrogen-bond acceptors (Lipinski definition) is 4. The van der Waals surface area contributed by atoms with Crippen LogP contribution in [-0.4, -0.2) is 17.5 Å². The molecule has 0 atom stereocenters. The van der Waals surface area contributed by atoms with Gasteiger partial charge in [0, 0.05) is 11.3 Å². The van der Waals surface area contributed by atoms with Crippen molar-refractivity contribution in [1.82, 2.24) is 5.43 Å². The lowest BCUT2D eigenvalue weighted by Gasteiger charge is -2.19. The lowest BCUT2D eigenvalue weighted by molar-refractivity contribution is 0.0958. The molecule has 0 spiro atoms. The third kappa shape index (κ3) is 5.42. The molecule has 0 aliphatic rings. The summed E-state index contributed by atoms with van der Waals surface area (Å²) in [4.78, 5) is 25.1. The second-order valence-corrected chi connectivity index (χ2v) is 8.92. The SMILES string of the molecule is CC(=NNC(=O)c1cccs1)c1ccc(NC(=O)c2ccc(C(C)(C)C)cc2)cc1. The molecule has 2 amide bonds. The molecule has 0 bridgehead atoms. The summed E-state index contributed by atoms with van der Waals surface area (Å²) >= 11 is 1.36. The molecule has 0 radical (unpaired) electrons. The van der Waals surface area contributed by atoms with Crippen LogP contribution in [-0.2, 0) is 5.41 Å². The van der Waals surface area contributed by atoms with Crippen LogP contribution in [0.25, 0.3) is 0 Å². The van der Waals surface area contributed by atoms with E-state index in [1.807, 2.05) is 66.9 Å². The van der Waals surface area contributed by atoms with Crippen molar-refractivity contribution in [1.29, 1.82) is 0 Å². The van der Waals surface area contributed by atoms with Crippen LogP contribution in [0.3, 0.4) is 0 Å². The summed E-state index contributed by atoms with van der Waals surface area (Å²) in [7, 11) is 0. The van der Waals surface area contributed by atoms with Crippen molar-refractivity contribution in [2.45, 2.75) is 33.1 Å². The van der Waals surface area contributed by atoms with Crippen molar-refractivity contribution in [3.63, 3.8) is 0 Å². The Morgan fingerprint density at radius 2 is 1.50 bits per heavy atom. The van der Waals surface area contributed by atoms with Gasteiger partial charge < -0.3 is 5.32 Å². The van der Waals surface area contributed by atoms with Gasteiger partial charge in [-0.15, -0.1) is 11.3 Å². The number of nitrogens with zero attached hydrogens (tertiary/aromatic N) is 1. The molecule has 6 heteroatoms. The Bertz CT molecular complexity index is 1050. The number of anilines is 1. The molecule has 30 heavy (non-hydrogen) atoms. The third-order valence-electron chi connectivity index (χ3n) is 4.64. The summed E-state index contributed by atoms with van der Waals surface area (Å²) < 4.78 is 0. The lowest BCUT2D eigenvalue weighted by Crippen LogP contribution is -2.18. The summed E-state index contributed by atoms with van der Waals surface area (Å²) in [6.07, 6.45) is 0. The molecule has 0 aliphatic carbocycles. The van der Waals surface area contributed by atoms with Crippen LogP contribution in [0.2, 0.25) is 0 Å². The summed E-state index contributed by atoms with van der Waals surface area (Å²) in [5.74, 6) is -0.387. The topological polar surface area (TPSA) is 70.6 Å². The predicted molar refractivity (Wildman–Crippen MR) is 124 cm³/mol. The van der Waals surface area contributed by atoms with Gasteiger partial charge in [0.1, 0.15) is 0 Å². The highest BCUT2D eigenvalue weighted by Crippen LogP contribution is 2.22. The first-order chi connectivity index (χ1) is 14.2. The fraction of sp³-hybridized carbons (Fsp3) is 0.208. The molecule has 1 heterocycles. The average molecular weight is 420 g/mol. The van der Waals surface area contributed by atoms with Crippen LogP contribution in [0.5, 0.6) is 0 Å². The van der Waals surface area contributed by atoms with Crippen LogP contribution < -0.4 is 10.7 Å². The monoisotopic (exact) mass is 419 g/mol. The molecule has 0 fully saturated rings. The summed E-state index contributed by atoms with van der Waals surface area (Å²) in [6.45, 7) is 8.24. The first-order valence-corrected chi connectivity index (χ1v) is 10.5. The minimum absolute atomic E-state index is 0.0491. The van der Waals surface area contributed by atoms with Crippen LogP contribution in [0.15, 0.2) is 71.1 Å². The van der Waals surface area contributed by atoms with Gasteiger partial charge in [-0.25, -0.2) is 5.43 Å². The number of rotatable bonds is 5. The molecule has 0 saturated heterocycles. The molecule has 3 rings (SSSR count). The predicted octanol–water partition coefficient (Wildman–Crippen LogP) is 5.45. The van der Waals surface area contributed by atoms with E-state index in [0.717, 1.165) is 5.56 Å². The smallest absolute Gasteiger partial charge is 0.281 e. The largest absolute Gasteiger partial charge is 0.322 e. The fourth-order valence-corrected chi connectivity index (χ4v) is 3.40. The molecule has 154 valence electrons. The molecule has 5 nitrogen and oxygen atoms in total. The standard InChI is InChI=1S/C24H25N3O2S/c1-16(26-27-23(29)21-6-5-15-30-21)17-9-13-20(14-10-17)25-22(28)18-7-11-19(12-8-18)24(2,3)4/h5-15H,1-4H3,(H,25,28)(H,27,29). The number of benzene rings is 2. The van der Waals surface area contributed by atoms with Gasteiger partial charge >= 0.3 is 0 Å². The van der Waals surface area contributed by atoms with Crippen LogP contribution in [0, 0.1) is 0 Å². The van der Waals surface area contributed by atoms with E-state index in [-0.39, 0.29) is 17.2 Å². The van der Waals surface area contributed by atoms with Gasteiger partial charge in [0.25, 0.3) is 11.8 Å². The van der Waals surface area contributed by atoms with Gasteiger partial charge in [0.2, 0.25) is 0 Å². The van der Waals surface area contributed by atoms with Gasteiger partial charge in [-0.1, -0.05) is 51.1 Å². The number of carbonyl (C=O) groups is 2. The highest BCUT2D eigenvalue weighted by Gasteiger charge is 2.14. The van der Waals surface area contributed by atoms with E-state index < -0.39 is 0 Å². The minimum Gasteiger partial charge on any atom is -0.322 e. The second-order valence-electron chi connectivity index (χ2n) is 7.97. The molecule has 3 aromatic rings. The van der Waals surface area contributed by atoms with E-state index in [1.54, 1.807) is 6.07 Å². The number of thiophene rings is 1. The van der Waals surface area contributed by atoms with E-state index in [1.165, 1.54) is 16.9 Å². The van der Waals surface area contributed by atoms with E-state index in [4.69, 9.17) is 0 Å². The van der Waals surface area contributed by atoms with Crippen molar-refractivity contribution in [2.75, 3.05) is 5.32 Å². The molecule has 0 saturated carbocycles. The highest BCUT2D eigenvalue weighted by atomic mass is 32.1. The molecule has 0 aliphatic heterocycles. The van der Waals surface area contributed by atoms with Crippen molar-refractivity contribution < 1.29 is 9.59 Å². The lowest BCUT2D eigenvalue weighted by atomic mass is 9.87. The van der Waals surface area contributed by atoms with Crippen LogP contribution in [0.1, 0.15) is 58.9 Å². The maximum atomic E-state index is 12.5. The summed E-state index contributed by atoms with van der Waals surface area (Å²) in [5, 5.41) is 8.90. The first kappa shape index (κ1) is 21.5. The van der Waals surface area contributed by atoms with Crippen LogP contribution >= 0.6 is 11.3 Å². The number of hydrazone groups is 1. The van der Waals surface area contributed by atoms with Gasteiger partial charge in [0.05, 0.1) is 10.6 Å². The fourth-order valence-electron chi connectivity index (χ4n) is 2.78. The Morgan fingerprint density at radius 3 is 2.07 bits per heavy atom. The molecule has 2 aromatic carbocycles. The zero-order valence-electron chi connectivity index (χ0n) is 17.5. The zero-order chi connectivity index (χ0) is 21.7. The molecule has 0 unspecified atom stereocenters.